The van der Waals surface area contributed by atoms with Gasteiger partial charge in [-0.1, -0.05) is 30.3 Å². The molecule has 2 amide bonds. The molecule has 3 aromatic rings. The van der Waals surface area contributed by atoms with Gasteiger partial charge in [-0.25, -0.2) is 9.18 Å². The van der Waals surface area contributed by atoms with Crippen molar-refractivity contribution < 1.29 is 18.7 Å². The number of likely N-dealkylation sites (tertiary alicyclic amines) is 1. The number of methoxy groups -OCH3 is 1. The van der Waals surface area contributed by atoms with Crippen molar-refractivity contribution >= 4 is 22.9 Å². The molecule has 0 radical (unpaired) electrons. The molecule has 7 heteroatoms. The summed E-state index contributed by atoms with van der Waals surface area (Å²) in [5, 5.41) is 3.92. The summed E-state index contributed by atoms with van der Waals surface area (Å²) >= 11 is 0. The fourth-order valence-electron chi connectivity index (χ4n) is 4.44. The highest BCUT2D eigenvalue weighted by Crippen LogP contribution is 2.36. The van der Waals surface area contributed by atoms with Crippen LogP contribution in [0.2, 0.25) is 0 Å². The minimum absolute atomic E-state index is 0.141. The zero-order valence-electron chi connectivity index (χ0n) is 17.5. The van der Waals surface area contributed by atoms with Crippen LogP contribution >= 0.6 is 0 Å². The number of esters is 1. The Morgan fingerprint density at radius 1 is 1.16 bits per heavy atom. The minimum Gasteiger partial charge on any atom is -0.468 e. The van der Waals surface area contributed by atoms with Crippen LogP contribution in [0.3, 0.4) is 0 Å². The van der Waals surface area contributed by atoms with Gasteiger partial charge in [0, 0.05) is 36.7 Å². The van der Waals surface area contributed by atoms with Crippen molar-refractivity contribution in [2.24, 2.45) is 0 Å². The number of nitrogens with one attached hydrogen (secondary N) is 2. The van der Waals surface area contributed by atoms with Gasteiger partial charge in [0.05, 0.1) is 12.5 Å². The van der Waals surface area contributed by atoms with Crippen LogP contribution in [0.4, 0.5) is 9.18 Å². The summed E-state index contributed by atoms with van der Waals surface area (Å²) < 4.78 is 18.4. The van der Waals surface area contributed by atoms with Crippen molar-refractivity contribution in [1.82, 2.24) is 15.2 Å². The predicted octanol–water partition coefficient (Wildman–Crippen LogP) is 3.77. The van der Waals surface area contributed by atoms with Crippen molar-refractivity contribution in [1.29, 1.82) is 0 Å². The maximum Gasteiger partial charge on any atom is 0.317 e. The Morgan fingerprint density at radius 2 is 1.90 bits per heavy atom. The van der Waals surface area contributed by atoms with E-state index in [2.05, 4.69) is 10.3 Å². The first-order valence-corrected chi connectivity index (χ1v) is 10.5. The van der Waals surface area contributed by atoms with Crippen molar-refractivity contribution in [3.05, 3.63) is 71.7 Å². The third-order valence-corrected chi connectivity index (χ3v) is 6.21. The quantitative estimate of drug-likeness (QED) is 0.614. The fraction of sp³-hybridized carbons (Fsp3) is 0.333. The van der Waals surface area contributed by atoms with Gasteiger partial charge in [0.25, 0.3) is 0 Å². The van der Waals surface area contributed by atoms with Gasteiger partial charge in [0.15, 0.2) is 0 Å². The number of nitrogens with zero attached hydrogens (tertiary/aromatic N) is 1. The molecule has 0 bridgehead atoms. The molecular weight excluding hydrogens is 397 g/mol. The van der Waals surface area contributed by atoms with Crippen LogP contribution in [0.5, 0.6) is 0 Å². The Balaban J connectivity index is 1.35. The van der Waals surface area contributed by atoms with Crippen LogP contribution in [0.1, 0.15) is 24.0 Å². The average Bonchev–Trinajstić information content (AvgIpc) is 3.21. The van der Waals surface area contributed by atoms with Gasteiger partial charge in [-0.2, -0.15) is 0 Å². The van der Waals surface area contributed by atoms with Gasteiger partial charge in [-0.3, -0.25) is 4.79 Å². The minimum atomic E-state index is -0.716. The summed E-state index contributed by atoms with van der Waals surface area (Å²) in [7, 11) is 1.41. The topological polar surface area (TPSA) is 74.4 Å². The standard InChI is InChI=1S/C24H26FN3O3/c1-31-22(29)24(18-5-3-2-4-6-18)10-13-28(14-11-24)23(30)26-12-9-17-16-27-21-15-19(25)7-8-20(17)21/h2-8,15-16,27H,9-14H2,1H3,(H,26,30). The third kappa shape index (κ3) is 4.13. The molecule has 31 heavy (non-hydrogen) atoms. The van der Waals surface area contributed by atoms with Crippen molar-refractivity contribution in [2.75, 3.05) is 26.7 Å². The number of fused-ring (bicyclic) bond motifs is 1. The fourth-order valence-corrected chi connectivity index (χ4v) is 4.44. The highest BCUT2D eigenvalue weighted by Gasteiger charge is 2.44. The lowest BCUT2D eigenvalue weighted by Gasteiger charge is -2.40. The number of hydrogen-bond donors (Lipinski definition) is 2. The second-order valence-corrected chi connectivity index (χ2v) is 7.91. The number of carbonyl (C=O) groups is 2. The lowest BCUT2D eigenvalue weighted by molar-refractivity contribution is -0.149. The first-order valence-electron chi connectivity index (χ1n) is 10.5. The number of piperidine rings is 1. The van der Waals surface area contributed by atoms with Crippen molar-refractivity contribution in [2.45, 2.75) is 24.7 Å². The molecule has 0 atom stereocenters. The molecule has 2 aromatic carbocycles. The van der Waals surface area contributed by atoms with Crippen LogP contribution < -0.4 is 5.32 Å². The van der Waals surface area contributed by atoms with Crippen LogP contribution in [-0.4, -0.2) is 48.6 Å². The Bertz CT molecular complexity index is 1070. The first-order chi connectivity index (χ1) is 15.0. The normalized spacial score (nSPS) is 15.6. The van der Waals surface area contributed by atoms with Gasteiger partial charge >= 0.3 is 12.0 Å². The monoisotopic (exact) mass is 423 g/mol. The van der Waals surface area contributed by atoms with Crippen molar-refractivity contribution in [3.8, 4) is 0 Å². The lowest BCUT2D eigenvalue weighted by Crippen LogP contribution is -2.52. The molecule has 6 nitrogen and oxygen atoms in total. The van der Waals surface area contributed by atoms with Gasteiger partial charge in [0.2, 0.25) is 0 Å². The summed E-state index contributed by atoms with van der Waals surface area (Å²) in [5.74, 6) is -0.535. The van der Waals surface area contributed by atoms with Gasteiger partial charge < -0.3 is 19.9 Å². The van der Waals surface area contributed by atoms with Gasteiger partial charge in [-0.15, -0.1) is 0 Å². The number of H-pyrrole nitrogens is 1. The molecule has 2 heterocycles. The van der Waals surface area contributed by atoms with E-state index in [1.54, 1.807) is 11.0 Å². The van der Waals surface area contributed by atoms with E-state index in [9.17, 15) is 14.0 Å². The third-order valence-electron chi connectivity index (χ3n) is 6.21. The number of benzene rings is 2. The second kappa shape index (κ2) is 8.79. The number of halogens is 1. The molecule has 1 saturated heterocycles. The Labute approximate surface area is 180 Å². The average molecular weight is 423 g/mol. The molecule has 0 spiro atoms. The van der Waals surface area contributed by atoms with Crippen LogP contribution in [0, 0.1) is 5.82 Å². The lowest BCUT2D eigenvalue weighted by atomic mass is 9.73. The summed E-state index contributed by atoms with van der Waals surface area (Å²) in [4.78, 5) is 30.1. The van der Waals surface area contributed by atoms with Crippen LogP contribution in [0.15, 0.2) is 54.7 Å². The molecule has 0 aliphatic carbocycles. The molecule has 1 aliphatic heterocycles. The maximum atomic E-state index is 13.3. The van der Waals surface area contributed by atoms with E-state index >= 15 is 0 Å². The van der Waals surface area contributed by atoms with E-state index < -0.39 is 5.41 Å². The number of ether oxygens (including phenoxy) is 1. The zero-order chi connectivity index (χ0) is 21.8. The molecule has 1 aromatic heterocycles. The molecule has 0 unspecified atom stereocenters. The number of hydrogen-bond acceptors (Lipinski definition) is 3. The highest BCUT2D eigenvalue weighted by molar-refractivity contribution is 5.84. The number of carbonyl (C=O) groups excluding carboxylic acids is 2. The summed E-state index contributed by atoms with van der Waals surface area (Å²) in [6.07, 6.45) is 3.53. The summed E-state index contributed by atoms with van der Waals surface area (Å²) in [5.41, 5.74) is 1.99. The van der Waals surface area contributed by atoms with E-state index in [1.807, 2.05) is 36.5 Å². The number of rotatable bonds is 5. The van der Waals surface area contributed by atoms with Crippen molar-refractivity contribution in [3.63, 3.8) is 0 Å². The number of urea groups is 1. The van der Waals surface area contributed by atoms with Crippen LogP contribution in [0.25, 0.3) is 10.9 Å². The van der Waals surface area contributed by atoms with E-state index in [0.717, 1.165) is 22.0 Å². The largest absolute Gasteiger partial charge is 0.468 e. The second-order valence-electron chi connectivity index (χ2n) is 7.91. The number of amides is 2. The van der Waals surface area contributed by atoms with E-state index in [0.29, 0.717) is 38.9 Å². The Kier molecular flexibility index (Phi) is 5.93. The van der Waals surface area contributed by atoms with Gasteiger partial charge in [-0.05, 0) is 48.6 Å². The maximum absolute atomic E-state index is 13.3. The Hall–Kier alpha value is -3.35. The molecule has 2 N–H and O–H groups in total. The first kappa shape index (κ1) is 20.9. The molecule has 0 saturated carbocycles. The summed E-state index contributed by atoms with van der Waals surface area (Å²) in [6, 6.07) is 14.1. The smallest absolute Gasteiger partial charge is 0.317 e. The predicted molar refractivity (Wildman–Crippen MR) is 116 cm³/mol. The Morgan fingerprint density at radius 3 is 2.61 bits per heavy atom. The van der Waals surface area contributed by atoms with E-state index in [4.69, 9.17) is 4.74 Å². The number of aromatic nitrogens is 1. The van der Waals surface area contributed by atoms with Crippen LogP contribution in [-0.2, 0) is 21.4 Å². The van der Waals surface area contributed by atoms with Gasteiger partial charge in [0.1, 0.15) is 5.82 Å². The molecule has 162 valence electrons. The molecule has 4 rings (SSSR count). The SMILES string of the molecule is COC(=O)C1(c2ccccc2)CCN(C(=O)NCCc2c[nH]c3cc(F)ccc23)CC1. The highest BCUT2D eigenvalue weighted by atomic mass is 19.1. The van der Waals surface area contributed by atoms with E-state index in [-0.39, 0.29) is 17.8 Å². The zero-order valence-corrected chi connectivity index (χ0v) is 17.5. The molecular formula is C24H26FN3O3. The summed E-state index contributed by atoms with van der Waals surface area (Å²) in [6.45, 7) is 1.42. The van der Waals surface area contributed by atoms with E-state index in [1.165, 1.54) is 19.2 Å². The molecule has 1 aliphatic rings. The molecule has 1 fully saturated rings. The number of aromatic amines is 1.